The molecule has 18 heavy (non-hydrogen) atoms. The Bertz CT molecular complexity index is 559. The lowest BCUT2D eigenvalue weighted by Gasteiger charge is -2.07. The number of benzene rings is 1. The molecule has 92 valence electrons. The summed E-state index contributed by atoms with van der Waals surface area (Å²) in [7, 11) is 0. The molecule has 0 bridgehead atoms. The van der Waals surface area contributed by atoms with Gasteiger partial charge in [-0.2, -0.15) is 0 Å². The van der Waals surface area contributed by atoms with Crippen LogP contribution in [0, 0.1) is 0 Å². The molecule has 0 aliphatic rings. The molecule has 3 N–H and O–H groups in total. The average molecular weight is 263 g/mol. The van der Waals surface area contributed by atoms with Crippen LogP contribution in [0.15, 0.2) is 36.8 Å². The molecule has 6 heteroatoms. The minimum atomic E-state index is -0.269. The summed E-state index contributed by atoms with van der Waals surface area (Å²) in [6, 6.07) is 4.75. The van der Waals surface area contributed by atoms with E-state index < -0.39 is 0 Å². The number of nitrogen functional groups attached to an aromatic ring is 1. The number of carbonyl (C=O) groups is 1. The Morgan fingerprint density at radius 3 is 2.89 bits per heavy atom. The summed E-state index contributed by atoms with van der Waals surface area (Å²) in [4.78, 5) is 19.8. The molecule has 0 spiro atoms. The highest BCUT2D eigenvalue weighted by Crippen LogP contribution is 2.17. The molecule has 2 rings (SSSR count). The van der Waals surface area contributed by atoms with Gasteiger partial charge in [0.2, 0.25) is 0 Å². The van der Waals surface area contributed by atoms with Crippen molar-refractivity contribution in [3.8, 4) is 0 Å². The topological polar surface area (TPSA) is 80.9 Å². The van der Waals surface area contributed by atoms with E-state index in [0.29, 0.717) is 28.5 Å². The van der Waals surface area contributed by atoms with Crippen LogP contribution in [0.3, 0.4) is 0 Å². The number of nitrogens with zero attached hydrogens (tertiary/aromatic N) is 2. The highest BCUT2D eigenvalue weighted by Gasteiger charge is 2.09. The number of aromatic nitrogens is 2. The zero-order valence-corrected chi connectivity index (χ0v) is 10.2. The molecule has 0 saturated heterocycles. The SMILES string of the molecule is Nc1cc(Cl)ccc1C(=O)NCc1cnccn1. The van der Waals surface area contributed by atoms with Crippen molar-refractivity contribution in [2.45, 2.75) is 6.54 Å². The van der Waals surface area contributed by atoms with E-state index in [9.17, 15) is 4.79 Å². The maximum atomic E-state index is 11.9. The van der Waals surface area contributed by atoms with Gasteiger partial charge in [-0.3, -0.25) is 14.8 Å². The van der Waals surface area contributed by atoms with E-state index in [1.54, 1.807) is 36.8 Å². The molecule has 1 aromatic carbocycles. The Kier molecular flexibility index (Phi) is 3.74. The van der Waals surface area contributed by atoms with Crippen molar-refractivity contribution in [3.63, 3.8) is 0 Å². The summed E-state index contributed by atoms with van der Waals surface area (Å²) in [5.74, 6) is -0.269. The Hall–Kier alpha value is -2.14. The molecular formula is C12H11ClN4O. The van der Waals surface area contributed by atoms with E-state index in [-0.39, 0.29) is 5.91 Å². The lowest BCUT2D eigenvalue weighted by atomic mass is 10.1. The Morgan fingerprint density at radius 1 is 1.39 bits per heavy atom. The lowest BCUT2D eigenvalue weighted by Crippen LogP contribution is -2.24. The minimum absolute atomic E-state index is 0.269. The van der Waals surface area contributed by atoms with Gasteiger partial charge in [-0.05, 0) is 18.2 Å². The first-order chi connectivity index (χ1) is 8.66. The molecule has 0 aliphatic carbocycles. The van der Waals surface area contributed by atoms with Gasteiger partial charge in [0.05, 0.1) is 24.0 Å². The minimum Gasteiger partial charge on any atom is -0.398 e. The zero-order valence-electron chi connectivity index (χ0n) is 9.43. The van der Waals surface area contributed by atoms with Crippen LogP contribution in [0.2, 0.25) is 5.02 Å². The van der Waals surface area contributed by atoms with Crippen molar-refractivity contribution in [3.05, 3.63) is 53.1 Å². The van der Waals surface area contributed by atoms with Gasteiger partial charge in [0.1, 0.15) is 0 Å². The first-order valence-electron chi connectivity index (χ1n) is 5.25. The molecule has 0 aliphatic heterocycles. The Labute approximate surface area is 109 Å². The maximum Gasteiger partial charge on any atom is 0.253 e. The van der Waals surface area contributed by atoms with Crippen molar-refractivity contribution in [2.75, 3.05) is 5.73 Å². The predicted molar refractivity (Wildman–Crippen MR) is 69.1 cm³/mol. The third kappa shape index (κ3) is 2.95. The third-order valence-electron chi connectivity index (χ3n) is 2.30. The molecule has 1 aromatic heterocycles. The molecular weight excluding hydrogens is 252 g/mol. The van der Waals surface area contributed by atoms with Crippen molar-refractivity contribution in [1.82, 2.24) is 15.3 Å². The molecule has 0 unspecified atom stereocenters. The van der Waals surface area contributed by atoms with E-state index in [1.165, 1.54) is 0 Å². The fourth-order valence-electron chi connectivity index (χ4n) is 1.43. The molecule has 1 amide bonds. The Balaban J connectivity index is 2.04. The summed E-state index contributed by atoms with van der Waals surface area (Å²) in [6.45, 7) is 0.300. The summed E-state index contributed by atoms with van der Waals surface area (Å²) < 4.78 is 0. The monoisotopic (exact) mass is 262 g/mol. The van der Waals surface area contributed by atoms with Crippen LogP contribution >= 0.6 is 11.6 Å². The third-order valence-corrected chi connectivity index (χ3v) is 2.54. The van der Waals surface area contributed by atoms with Crippen LogP contribution in [0.1, 0.15) is 16.1 Å². The summed E-state index contributed by atoms with van der Waals surface area (Å²) in [5.41, 5.74) is 7.14. The molecule has 5 nitrogen and oxygen atoms in total. The van der Waals surface area contributed by atoms with E-state index in [0.717, 1.165) is 0 Å². The summed E-state index contributed by atoms with van der Waals surface area (Å²) >= 11 is 5.76. The largest absolute Gasteiger partial charge is 0.398 e. The van der Waals surface area contributed by atoms with E-state index in [2.05, 4.69) is 15.3 Å². The van der Waals surface area contributed by atoms with Crippen LogP contribution < -0.4 is 11.1 Å². The fourth-order valence-corrected chi connectivity index (χ4v) is 1.61. The van der Waals surface area contributed by atoms with Crippen molar-refractivity contribution in [1.29, 1.82) is 0 Å². The van der Waals surface area contributed by atoms with Crippen molar-refractivity contribution in [2.24, 2.45) is 0 Å². The van der Waals surface area contributed by atoms with E-state index in [1.807, 2.05) is 0 Å². The lowest BCUT2D eigenvalue weighted by molar-refractivity contribution is 0.0951. The number of hydrogen-bond donors (Lipinski definition) is 2. The van der Waals surface area contributed by atoms with Crippen LogP contribution in [-0.2, 0) is 6.54 Å². The van der Waals surface area contributed by atoms with Gasteiger partial charge in [0.25, 0.3) is 5.91 Å². The van der Waals surface area contributed by atoms with Gasteiger partial charge in [-0.1, -0.05) is 11.6 Å². The zero-order chi connectivity index (χ0) is 13.0. The predicted octanol–water partition coefficient (Wildman–Crippen LogP) is 1.64. The van der Waals surface area contributed by atoms with Gasteiger partial charge >= 0.3 is 0 Å². The first kappa shape index (κ1) is 12.3. The molecule has 2 aromatic rings. The highest BCUT2D eigenvalue weighted by molar-refractivity contribution is 6.31. The van der Waals surface area contributed by atoms with Crippen molar-refractivity contribution < 1.29 is 4.79 Å². The van der Waals surface area contributed by atoms with Gasteiger partial charge < -0.3 is 11.1 Å². The summed E-state index contributed by atoms with van der Waals surface area (Å²) in [6.07, 6.45) is 4.73. The second-order valence-electron chi connectivity index (χ2n) is 3.61. The summed E-state index contributed by atoms with van der Waals surface area (Å²) in [5, 5.41) is 3.21. The molecule has 0 radical (unpaired) electrons. The number of amides is 1. The molecule has 0 saturated carbocycles. The van der Waals surface area contributed by atoms with Crippen LogP contribution in [0.4, 0.5) is 5.69 Å². The Morgan fingerprint density at radius 2 is 2.22 bits per heavy atom. The van der Waals surface area contributed by atoms with Gasteiger partial charge in [0.15, 0.2) is 0 Å². The number of rotatable bonds is 3. The second kappa shape index (κ2) is 5.46. The van der Waals surface area contributed by atoms with Gasteiger partial charge in [0, 0.05) is 23.1 Å². The average Bonchev–Trinajstić information content (AvgIpc) is 2.37. The van der Waals surface area contributed by atoms with Crippen LogP contribution in [-0.4, -0.2) is 15.9 Å². The van der Waals surface area contributed by atoms with Crippen LogP contribution in [0.5, 0.6) is 0 Å². The molecule has 0 atom stereocenters. The number of hydrogen-bond acceptors (Lipinski definition) is 4. The second-order valence-corrected chi connectivity index (χ2v) is 4.05. The number of nitrogens with one attached hydrogen (secondary N) is 1. The highest BCUT2D eigenvalue weighted by atomic mass is 35.5. The molecule has 0 fully saturated rings. The maximum absolute atomic E-state index is 11.9. The van der Waals surface area contributed by atoms with Crippen LogP contribution in [0.25, 0.3) is 0 Å². The van der Waals surface area contributed by atoms with Gasteiger partial charge in [-0.25, -0.2) is 0 Å². The first-order valence-corrected chi connectivity index (χ1v) is 5.63. The fraction of sp³-hybridized carbons (Fsp3) is 0.0833. The van der Waals surface area contributed by atoms with E-state index in [4.69, 9.17) is 17.3 Å². The van der Waals surface area contributed by atoms with E-state index >= 15 is 0 Å². The molecule has 1 heterocycles. The number of carbonyl (C=O) groups excluding carboxylic acids is 1. The smallest absolute Gasteiger partial charge is 0.253 e. The van der Waals surface area contributed by atoms with Crippen molar-refractivity contribution >= 4 is 23.2 Å². The number of halogens is 1. The standard InChI is InChI=1S/C12H11ClN4O/c13-8-1-2-10(11(14)5-8)12(18)17-7-9-6-15-3-4-16-9/h1-6H,7,14H2,(H,17,18). The number of anilines is 1. The quantitative estimate of drug-likeness (QED) is 0.824. The normalized spacial score (nSPS) is 10.1. The number of nitrogens with two attached hydrogens (primary N) is 1. The van der Waals surface area contributed by atoms with Gasteiger partial charge in [-0.15, -0.1) is 0 Å².